The Morgan fingerprint density at radius 2 is 2.26 bits per heavy atom. The lowest BCUT2D eigenvalue weighted by Crippen LogP contribution is -2.15. The lowest BCUT2D eigenvalue weighted by molar-refractivity contribution is 0.618. The van der Waals surface area contributed by atoms with Crippen LogP contribution in [0.15, 0.2) is 22.8 Å². The van der Waals surface area contributed by atoms with E-state index >= 15 is 0 Å². The van der Waals surface area contributed by atoms with Gasteiger partial charge in [-0.05, 0) is 53.4 Å². The molecule has 1 heterocycles. The predicted molar refractivity (Wildman–Crippen MR) is 73.6 cm³/mol. The first-order valence-corrected chi connectivity index (χ1v) is 7.03. The molecule has 1 fully saturated rings. The number of hydrogen-bond acceptors (Lipinski definition) is 3. The molecule has 3 rings (SSSR count). The lowest BCUT2D eigenvalue weighted by atomic mass is 10.2. The fraction of sp³-hybridized carbons (Fsp3) is 0.385. The highest BCUT2D eigenvalue weighted by Crippen LogP contribution is 2.23. The van der Waals surface area contributed by atoms with E-state index in [0.29, 0.717) is 10.5 Å². The number of aromatic nitrogens is 3. The molecule has 0 unspecified atom stereocenters. The van der Waals surface area contributed by atoms with E-state index in [2.05, 4.69) is 31.6 Å². The molecule has 6 heteroatoms. The molecule has 0 saturated heterocycles. The minimum atomic E-state index is -0.267. The molecule has 1 aromatic heterocycles. The van der Waals surface area contributed by atoms with Crippen molar-refractivity contribution in [2.75, 3.05) is 0 Å². The van der Waals surface area contributed by atoms with Crippen molar-refractivity contribution in [1.29, 1.82) is 0 Å². The molecule has 4 nitrogen and oxygen atoms in total. The Bertz CT molecular complexity index is 607. The van der Waals surface area contributed by atoms with Crippen molar-refractivity contribution < 1.29 is 4.39 Å². The maximum atomic E-state index is 13.4. The Balaban J connectivity index is 1.83. The molecule has 1 aliphatic rings. The van der Waals surface area contributed by atoms with Gasteiger partial charge < -0.3 is 5.32 Å². The highest BCUT2D eigenvalue weighted by Gasteiger charge is 2.20. The van der Waals surface area contributed by atoms with Gasteiger partial charge in [0, 0.05) is 12.6 Å². The molecule has 1 N–H and O–H groups in total. The van der Waals surface area contributed by atoms with Crippen molar-refractivity contribution in [2.24, 2.45) is 0 Å². The van der Waals surface area contributed by atoms with E-state index in [4.69, 9.17) is 0 Å². The standard InChI is InChI=1S/C13H14BrFN4/c1-8-4-12(15)11(14)5-13(8)19-7-10(17-18-19)6-16-9-2-3-9/h4-5,7,9,16H,2-3,6H2,1H3. The van der Waals surface area contributed by atoms with Crippen molar-refractivity contribution in [3.8, 4) is 5.69 Å². The quantitative estimate of drug-likeness (QED) is 0.940. The van der Waals surface area contributed by atoms with Crippen LogP contribution in [-0.4, -0.2) is 21.0 Å². The summed E-state index contributed by atoms with van der Waals surface area (Å²) in [5.74, 6) is -0.267. The minimum absolute atomic E-state index is 0.267. The van der Waals surface area contributed by atoms with E-state index in [-0.39, 0.29) is 5.82 Å². The van der Waals surface area contributed by atoms with E-state index in [0.717, 1.165) is 23.5 Å². The normalized spacial score (nSPS) is 14.9. The zero-order valence-electron chi connectivity index (χ0n) is 10.5. The summed E-state index contributed by atoms with van der Waals surface area (Å²) in [6, 6.07) is 3.85. The second-order valence-electron chi connectivity index (χ2n) is 4.86. The Hall–Kier alpha value is -1.27. The first-order chi connectivity index (χ1) is 9.13. The van der Waals surface area contributed by atoms with E-state index in [1.54, 1.807) is 10.7 Å². The van der Waals surface area contributed by atoms with Crippen molar-refractivity contribution in [2.45, 2.75) is 32.4 Å². The van der Waals surface area contributed by atoms with Crippen LogP contribution in [0.3, 0.4) is 0 Å². The van der Waals surface area contributed by atoms with Crippen molar-refractivity contribution in [1.82, 2.24) is 20.3 Å². The van der Waals surface area contributed by atoms with Crippen LogP contribution in [0.4, 0.5) is 4.39 Å². The van der Waals surface area contributed by atoms with E-state index < -0.39 is 0 Å². The third-order valence-electron chi connectivity index (χ3n) is 3.18. The molecule has 19 heavy (non-hydrogen) atoms. The molecular weight excluding hydrogens is 311 g/mol. The minimum Gasteiger partial charge on any atom is -0.308 e. The van der Waals surface area contributed by atoms with Crippen LogP contribution in [0.25, 0.3) is 5.69 Å². The van der Waals surface area contributed by atoms with Crippen LogP contribution >= 0.6 is 15.9 Å². The van der Waals surface area contributed by atoms with Gasteiger partial charge in [-0.25, -0.2) is 9.07 Å². The van der Waals surface area contributed by atoms with Gasteiger partial charge in [-0.3, -0.25) is 0 Å². The molecule has 0 bridgehead atoms. The number of nitrogens with one attached hydrogen (secondary N) is 1. The van der Waals surface area contributed by atoms with Gasteiger partial charge in [0.05, 0.1) is 22.1 Å². The summed E-state index contributed by atoms with van der Waals surface area (Å²) in [6.07, 6.45) is 4.37. The summed E-state index contributed by atoms with van der Waals surface area (Å²) in [6.45, 7) is 2.58. The number of rotatable bonds is 4. The monoisotopic (exact) mass is 324 g/mol. The first kappa shape index (κ1) is 12.7. The molecule has 100 valence electrons. The van der Waals surface area contributed by atoms with Crippen LogP contribution in [-0.2, 0) is 6.54 Å². The van der Waals surface area contributed by atoms with Gasteiger partial charge in [0.15, 0.2) is 0 Å². The summed E-state index contributed by atoms with van der Waals surface area (Å²) >= 11 is 3.19. The molecule has 1 saturated carbocycles. The number of aryl methyl sites for hydroxylation is 1. The zero-order valence-corrected chi connectivity index (χ0v) is 12.1. The second kappa shape index (κ2) is 5.02. The van der Waals surface area contributed by atoms with Gasteiger partial charge >= 0.3 is 0 Å². The average Bonchev–Trinajstić information content (AvgIpc) is 3.09. The molecule has 0 spiro atoms. The van der Waals surface area contributed by atoms with Crippen LogP contribution in [0.5, 0.6) is 0 Å². The fourth-order valence-electron chi connectivity index (χ4n) is 1.92. The summed E-state index contributed by atoms with van der Waals surface area (Å²) in [5, 5.41) is 11.6. The van der Waals surface area contributed by atoms with E-state index in [1.165, 1.54) is 18.9 Å². The molecule has 0 radical (unpaired) electrons. The fourth-order valence-corrected chi connectivity index (χ4v) is 2.25. The molecule has 2 aromatic rings. The third-order valence-corrected chi connectivity index (χ3v) is 3.78. The maximum absolute atomic E-state index is 13.4. The molecule has 0 atom stereocenters. The Morgan fingerprint density at radius 3 is 3.00 bits per heavy atom. The SMILES string of the molecule is Cc1cc(F)c(Br)cc1-n1cc(CNC2CC2)nn1. The summed E-state index contributed by atoms with van der Waals surface area (Å²) < 4.78 is 15.5. The van der Waals surface area contributed by atoms with Crippen LogP contribution in [0.1, 0.15) is 24.1 Å². The Labute approximate surface area is 119 Å². The van der Waals surface area contributed by atoms with Crippen LogP contribution in [0.2, 0.25) is 0 Å². The second-order valence-corrected chi connectivity index (χ2v) is 5.72. The lowest BCUT2D eigenvalue weighted by Gasteiger charge is -2.06. The van der Waals surface area contributed by atoms with Crippen LogP contribution < -0.4 is 5.32 Å². The smallest absolute Gasteiger partial charge is 0.137 e. The van der Waals surface area contributed by atoms with E-state index in [1.807, 2.05) is 13.1 Å². The Morgan fingerprint density at radius 1 is 1.47 bits per heavy atom. The summed E-state index contributed by atoms with van der Waals surface area (Å²) in [7, 11) is 0. The highest BCUT2D eigenvalue weighted by molar-refractivity contribution is 9.10. The molecular formula is C13H14BrFN4. The van der Waals surface area contributed by atoms with Gasteiger partial charge in [0.2, 0.25) is 0 Å². The number of benzene rings is 1. The molecule has 1 aromatic carbocycles. The number of hydrogen-bond donors (Lipinski definition) is 1. The van der Waals surface area contributed by atoms with Crippen LogP contribution in [0, 0.1) is 12.7 Å². The maximum Gasteiger partial charge on any atom is 0.137 e. The van der Waals surface area contributed by atoms with Gasteiger partial charge in [0.25, 0.3) is 0 Å². The highest BCUT2D eigenvalue weighted by atomic mass is 79.9. The van der Waals surface area contributed by atoms with Gasteiger partial charge in [-0.2, -0.15) is 0 Å². The number of halogens is 2. The molecule has 0 amide bonds. The molecule has 1 aliphatic carbocycles. The average molecular weight is 325 g/mol. The van der Waals surface area contributed by atoms with Gasteiger partial charge in [0.1, 0.15) is 5.82 Å². The topological polar surface area (TPSA) is 42.7 Å². The predicted octanol–water partition coefficient (Wildman–Crippen LogP) is 2.73. The van der Waals surface area contributed by atoms with Crippen molar-refractivity contribution in [3.63, 3.8) is 0 Å². The summed E-state index contributed by atoms with van der Waals surface area (Å²) in [4.78, 5) is 0. The van der Waals surface area contributed by atoms with E-state index in [9.17, 15) is 4.39 Å². The van der Waals surface area contributed by atoms with Crippen molar-refractivity contribution in [3.05, 3.63) is 39.9 Å². The van der Waals surface area contributed by atoms with Crippen molar-refractivity contribution >= 4 is 15.9 Å². The molecule has 0 aliphatic heterocycles. The Kier molecular flexibility index (Phi) is 3.36. The van der Waals surface area contributed by atoms with Gasteiger partial charge in [-0.15, -0.1) is 5.10 Å². The third kappa shape index (κ3) is 2.84. The first-order valence-electron chi connectivity index (χ1n) is 6.24. The zero-order chi connectivity index (χ0) is 13.4. The number of nitrogens with zero attached hydrogens (tertiary/aromatic N) is 3. The van der Waals surface area contributed by atoms with Gasteiger partial charge in [-0.1, -0.05) is 5.21 Å². The largest absolute Gasteiger partial charge is 0.308 e. The summed E-state index contributed by atoms with van der Waals surface area (Å²) in [5.41, 5.74) is 2.55.